The standard InChI is InChI=1S/C6H3N3O9S.Na.2H2O.H/c10-7(11)3-1-4(8(12)13)6(19(16,17)18)5(2-3)9(14)15;;;;/h1-2H,(H,16,17,18);;2*1H2;. The van der Waals surface area contributed by atoms with Crippen LogP contribution in [0.1, 0.15) is 0 Å². The molecule has 0 atom stereocenters. The molecule has 1 rings (SSSR count). The average Bonchev–Trinajstić information content (AvgIpc) is 2.25. The first-order chi connectivity index (χ1) is 8.55. The van der Waals surface area contributed by atoms with Gasteiger partial charge in [0.1, 0.15) is 0 Å². The second kappa shape index (κ2) is 8.63. The van der Waals surface area contributed by atoms with Crippen LogP contribution in [0.5, 0.6) is 0 Å². The maximum absolute atomic E-state index is 10.9. The van der Waals surface area contributed by atoms with Crippen molar-refractivity contribution in [3.63, 3.8) is 0 Å². The molecule has 0 radical (unpaired) electrons. The first-order valence-corrected chi connectivity index (χ1v) is 5.58. The molecule has 0 saturated carbocycles. The Hall–Kier alpha value is -1.75. The van der Waals surface area contributed by atoms with Crippen molar-refractivity contribution < 1.29 is 38.7 Å². The third-order valence-corrected chi connectivity index (χ3v) is 2.83. The number of benzene rings is 1. The van der Waals surface area contributed by atoms with E-state index >= 15 is 0 Å². The van der Waals surface area contributed by atoms with Gasteiger partial charge in [0.25, 0.3) is 5.69 Å². The van der Waals surface area contributed by atoms with E-state index in [0.717, 1.165) is 0 Å². The third-order valence-electron chi connectivity index (χ3n) is 1.90. The van der Waals surface area contributed by atoms with Gasteiger partial charge in [0.2, 0.25) is 4.90 Å². The van der Waals surface area contributed by atoms with E-state index in [9.17, 15) is 38.8 Å². The summed E-state index contributed by atoms with van der Waals surface area (Å²) in [6.07, 6.45) is 0. The van der Waals surface area contributed by atoms with Crippen LogP contribution in [0.15, 0.2) is 17.0 Å². The molecule has 0 amide bonds. The minimum atomic E-state index is -5.30. The number of nitro benzene ring substituents is 3. The van der Waals surface area contributed by atoms with E-state index in [2.05, 4.69) is 0 Å². The summed E-state index contributed by atoms with van der Waals surface area (Å²) in [5, 5.41) is 31.7. The van der Waals surface area contributed by atoms with Crippen LogP contribution >= 0.6 is 0 Å². The maximum atomic E-state index is 10.9. The fourth-order valence-corrected chi connectivity index (χ4v) is 2.02. The van der Waals surface area contributed by atoms with Crippen molar-refractivity contribution in [2.75, 3.05) is 0 Å². The van der Waals surface area contributed by atoms with Gasteiger partial charge < -0.3 is 11.0 Å². The fourth-order valence-electron chi connectivity index (χ4n) is 1.23. The molecule has 14 nitrogen and oxygen atoms in total. The topological polar surface area (TPSA) is 247 Å². The van der Waals surface area contributed by atoms with Gasteiger partial charge in [-0.05, 0) is 0 Å². The Kier molecular flexibility index (Phi) is 9.90. The van der Waals surface area contributed by atoms with E-state index in [1.165, 1.54) is 0 Å². The van der Waals surface area contributed by atoms with Gasteiger partial charge in [-0.3, -0.25) is 34.9 Å². The molecule has 5 N–H and O–H groups in total. The number of rotatable bonds is 4. The Morgan fingerprint density at radius 1 is 0.864 bits per heavy atom. The summed E-state index contributed by atoms with van der Waals surface area (Å²) in [5.74, 6) is 0. The molecule has 0 spiro atoms. The fraction of sp³-hybridized carbons (Fsp3) is 0. The Bertz CT molecular complexity index is 667. The van der Waals surface area contributed by atoms with Gasteiger partial charge >= 0.3 is 51.1 Å². The van der Waals surface area contributed by atoms with E-state index in [0.29, 0.717) is 0 Å². The third kappa shape index (κ3) is 5.22. The van der Waals surface area contributed by atoms with Crippen molar-refractivity contribution in [1.82, 2.24) is 0 Å². The molecule has 0 aliphatic rings. The van der Waals surface area contributed by atoms with Crippen molar-refractivity contribution in [3.05, 3.63) is 42.5 Å². The molecule has 0 fully saturated rings. The van der Waals surface area contributed by atoms with Crippen LogP contribution in [0.3, 0.4) is 0 Å². The minimum absolute atomic E-state index is 0. The monoisotopic (exact) mass is 353 g/mol. The molecule has 0 aliphatic carbocycles. The van der Waals surface area contributed by atoms with Crippen LogP contribution in [0.4, 0.5) is 17.1 Å². The van der Waals surface area contributed by atoms with E-state index < -0.39 is 46.8 Å². The molecule has 0 aliphatic heterocycles. The van der Waals surface area contributed by atoms with Gasteiger partial charge in [-0.25, -0.2) is 0 Å². The molecule has 120 valence electrons. The SMILES string of the molecule is O.O.O=[N+]([O-])c1cc([N+](=O)[O-])c(S(=O)(=O)O)c([N+](=O)[O-])c1.[NaH]. The van der Waals surface area contributed by atoms with E-state index in [4.69, 9.17) is 4.55 Å². The van der Waals surface area contributed by atoms with Crippen LogP contribution < -0.4 is 0 Å². The van der Waals surface area contributed by atoms with Gasteiger partial charge in [0, 0.05) is 0 Å². The summed E-state index contributed by atoms with van der Waals surface area (Å²) >= 11 is 0. The zero-order valence-electron chi connectivity index (χ0n) is 9.62. The molecular weight excluding hydrogens is 345 g/mol. The van der Waals surface area contributed by atoms with Gasteiger partial charge in [-0.2, -0.15) is 8.42 Å². The normalized spacial score (nSPS) is 9.50. The predicted molar refractivity (Wildman–Crippen MR) is 70.6 cm³/mol. The second-order valence-electron chi connectivity index (χ2n) is 3.06. The molecular formula is C6H8N3NaO11S. The Labute approximate surface area is 142 Å². The zero-order chi connectivity index (χ0) is 15.0. The van der Waals surface area contributed by atoms with Crippen LogP contribution in [0.25, 0.3) is 0 Å². The van der Waals surface area contributed by atoms with Crippen LogP contribution in [-0.4, -0.2) is 68.3 Å². The number of nitro groups is 3. The van der Waals surface area contributed by atoms with Crippen molar-refractivity contribution in [2.24, 2.45) is 0 Å². The summed E-state index contributed by atoms with van der Waals surface area (Å²) in [6.45, 7) is 0. The zero-order valence-corrected chi connectivity index (χ0v) is 10.4. The molecule has 0 saturated heterocycles. The van der Waals surface area contributed by atoms with Crippen molar-refractivity contribution in [1.29, 1.82) is 0 Å². The summed E-state index contributed by atoms with van der Waals surface area (Å²) in [4.78, 5) is 26.1. The van der Waals surface area contributed by atoms with Gasteiger partial charge in [0.15, 0.2) is 0 Å². The molecule has 1 aromatic rings. The number of hydrogen-bond acceptors (Lipinski definition) is 8. The Morgan fingerprint density at radius 2 is 1.18 bits per heavy atom. The van der Waals surface area contributed by atoms with E-state index in [-0.39, 0.29) is 52.6 Å². The molecule has 0 unspecified atom stereocenters. The van der Waals surface area contributed by atoms with Gasteiger partial charge in [0.05, 0.1) is 26.9 Å². The first-order valence-electron chi connectivity index (χ1n) is 4.14. The second-order valence-corrected chi connectivity index (χ2v) is 4.42. The average molecular weight is 353 g/mol. The molecule has 0 bridgehead atoms. The van der Waals surface area contributed by atoms with Gasteiger partial charge in [-0.15, -0.1) is 0 Å². The van der Waals surface area contributed by atoms with Crippen LogP contribution in [-0.2, 0) is 10.1 Å². The molecule has 0 aromatic heterocycles. The van der Waals surface area contributed by atoms with Crippen molar-refractivity contribution in [3.8, 4) is 0 Å². The molecule has 22 heavy (non-hydrogen) atoms. The molecule has 16 heteroatoms. The van der Waals surface area contributed by atoms with Crippen molar-refractivity contribution >= 4 is 56.7 Å². The van der Waals surface area contributed by atoms with Crippen LogP contribution in [0.2, 0.25) is 0 Å². The Morgan fingerprint density at radius 3 is 1.36 bits per heavy atom. The van der Waals surface area contributed by atoms with Crippen LogP contribution in [0, 0.1) is 30.3 Å². The number of non-ortho nitro benzene ring substituents is 1. The summed E-state index contributed by atoms with van der Waals surface area (Å²) in [7, 11) is -5.30. The number of nitrogens with zero attached hydrogens (tertiary/aromatic N) is 3. The number of hydrogen-bond donors (Lipinski definition) is 1. The van der Waals surface area contributed by atoms with Gasteiger partial charge in [-0.1, -0.05) is 0 Å². The molecule has 1 aromatic carbocycles. The quantitative estimate of drug-likeness (QED) is 0.281. The first kappa shape index (κ1) is 25.2. The Balaban J connectivity index is -0.00000120. The molecule has 0 heterocycles. The predicted octanol–water partition coefficient (Wildman–Crippen LogP) is -1.64. The summed E-state index contributed by atoms with van der Waals surface area (Å²) < 4.78 is 30.7. The van der Waals surface area contributed by atoms with Crippen molar-refractivity contribution in [2.45, 2.75) is 4.90 Å². The van der Waals surface area contributed by atoms with E-state index in [1.807, 2.05) is 0 Å². The van der Waals surface area contributed by atoms with E-state index in [1.54, 1.807) is 0 Å². The summed E-state index contributed by atoms with van der Waals surface area (Å²) in [6, 6.07) is 0.409. The summed E-state index contributed by atoms with van der Waals surface area (Å²) in [5.41, 5.74) is -3.96.